The third-order valence-electron chi connectivity index (χ3n) is 1.76. The van der Waals surface area contributed by atoms with E-state index in [4.69, 9.17) is 0 Å². The van der Waals surface area contributed by atoms with E-state index in [1.165, 1.54) is 0 Å². The van der Waals surface area contributed by atoms with Crippen LogP contribution in [0.25, 0.3) is 0 Å². The monoisotopic (exact) mass is 154 g/mol. The Balaban J connectivity index is 2.37. The van der Waals surface area contributed by atoms with Gasteiger partial charge in [-0.05, 0) is 13.3 Å². The number of carbonyl (C=O) groups excluding carboxylic acids is 1. The first-order chi connectivity index (χ1) is 5.24. The van der Waals surface area contributed by atoms with Crippen LogP contribution in [-0.4, -0.2) is 17.8 Å². The average molecular weight is 154 g/mol. The van der Waals surface area contributed by atoms with E-state index >= 15 is 0 Å². The molecular formula is C8H14N2O. The number of amides is 1. The lowest BCUT2D eigenvalue weighted by Gasteiger charge is -1.96. The highest BCUT2D eigenvalue weighted by Gasteiger charge is 2.20. The molecule has 1 N–H and O–H groups in total. The number of hydrogen-bond donors (Lipinski definition) is 1. The number of amidine groups is 1. The summed E-state index contributed by atoms with van der Waals surface area (Å²) >= 11 is 0. The van der Waals surface area contributed by atoms with E-state index in [-0.39, 0.29) is 11.9 Å². The molecule has 1 unspecified atom stereocenters. The summed E-state index contributed by atoms with van der Waals surface area (Å²) in [4.78, 5) is 15.1. The van der Waals surface area contributed by atoms with E-state index in [1.807, 2.05) is 6.92 Å². The van der Waals surface area contributed by atoms with Crippen molar-refractivity contribution < 1.29 is 4.79 Å². The summed E-state index contributed by atoms with van der Waals surface area (Å²) in [7, 11) is 0. The standard InChI is InChI=1S/C8H14N2O/c1-3-4-5-7-9-6(2)8(11)10-7/h6H,3-5H2,1-2H3,(H,9,10,11). The van der Waals surface area contributed by atoms with Gasteiger partial charge >= 0.3 is 0 Å². The third-order valence-corrected chi connectivity index (χ3v) is 1.76. The van der Waals surface area contributed by atoms with Gasteiger partial charge < -0.3 is 5.32 Å². The number of carbonyl (C=O) groups is 1. The predicted molar refractivity (Wildman–Crippen MR) is 44.6 cm³/mol. The molecule has 1 heterocycles. The lowest BCUT2D eigenvalue weighted by Crippen LogP contribution is -2.27. The molecule has 11 heavy (non-hydrogen) atoms. The SMILES string of the molecule is CCCCC1=NC(C)C(=O)N1. The van der Waals surface area contributed by atoms with Crippen molar-refractivity contribution in [2.24, 2.45) is 4.99 Å². The van der Waals surface area contributed by atoms with Crippen molar-refractivity contribution in [1.29, 1.82) is 0 Å². The Labute approximate surface area is 66.9 Å². The summed E-state index contributed by atoms with van der Waals surface area (Å²) in [6.45, 7) is 3.94. The van der Waals surface area contributed by atoms with E-state index in [1.54, 1.807) is 0 Å². The molecule has 0 radical (unpaired) electrons. The number of aliphatic imine (C=N–C) groups is 1. The molecule has 0 spiro atoms. The second-order valence-electron chi connectivity index (χ2n) is 2.84. The molecule has 0 aromatic carbocycles. The summed E-state index contributed by atoms with van der Waals surface area (Å²) in [5, 5.41) is 2.75. The van der Waals surface area contributed by atoms with Crippen LogP contribution in [0, 0.1) is 0 Å². The Morgan fingerprint density at radius 1 is 1.64 bits per heavy atom. The van der Waals surface area contributed by atoms with Gasteiger partial charge in [0.2, 0.25) is 5.91 Å². The van der Waals surface area contributed by atoms with Crippen molar-refractivity contribution in [2.45, 2.75) is 39.2 Å². The van der Waals surface area contributed by atoms with Gasteiger partial charge in [0.05, 0.1) is 0 Å². The molecular weight excluding hydrogens is 140 g/mol. The van der Waals surface area contributed by atoms with Crippen molar-refractivity contribution in [3.63, 3.8) is 0 Å². The summed E-state index contributed by atoms with van der Waals surface area (Å²) in [6.07, 6.45) is 3.15. The fourth-order valence-corrected chi connectivity index (χ4v) is 1.04. The van der Waals surface area contributed by atoms with Crippen molar-refractivity contribution in [2.75, 3.05) is 0 Å². The highest BCUT2D eigenvalue weighted by molar-refractivity contribution is 6.05. The Hall–Kier alpha value is -0.860. The number of nitrogens with zero attached hydrogens (tertiary/aromatic N) is 1. The first-order valence-corrected chi connectivity index (χ1v) is 4.11. The highest BCUT2D eigenvalue weighted by Crippen LogP contribution is 2.04. The molecule has 1 aliphatic rings. The van der Waals surface area contributed by atoms with E-state index in [0.29, 0.717) is 0 Å². The Bertz CT molecular complexity index is 187. The van der Waals surface area contributed by atoms with Crippen LogP contribution >= 0.6 is 0 Å². The molecule has 1 rings (SSSR count). The molecule has 1 atom stereocenters. The highest BCUT2D eigenvalue weighted by atomic mass is 16.2. The molecule has 0 aromatic heterocycles. The van der Waals surface area contributed by atoms with Gasteiger partial charge in [0.25, 0.3) is 0 Å². The average Bonchev–Trinajstić information content (AvgIpc) is 2.28. The lowest BCUT2D eigenvalue weighted by atomic mass is 10.2. The van der Waals surface area contributed by atoms with Gasteiger partial charge in [0.15, 0.2) is 0 Å². The fraction of sp³-hybridized carbons (Fsp3) is 0.750. The second kappa shape index (κ2) is 3.51. The lowest BCUT2D eigenvalue weighted by molar-refractivity contribution is -0.119. The summed E-state index contributed by atoms with van der Waals surface area (Å²) < 4.78 is 0. The predicted octanol–water partition coefficient (Wildman–Crippen LogP) is 1.09. The van der Waals surface area contributed by atoms with E-state index in [9.17, 15) is 4.79 Å². The maximum Gasteiger partial charge on any atom is 0.249 e. The first kappa shape index (κ1) is 8.24. The Kier molecular flexibility index (Phi) is 2.63. The largest absolute Gasteiger partial charge is 0.313 e. The van der Waals surface area contributed by atoms with Gasteiger partial charge in [-0.15, -0.1) is 0 Å². The minimum Gasteiger partial charge on any atom is -0.313 e. The Morgan fingerprint density at radius 3 is 2.82 bits per heavy atom. The quantitative estimate of drug-likeness (QED) is 0.649. The number of hydrogen-bond acceptors (Lipinski definition) is 2. The van der Waals surface area contributed by atoms with Gasteiger partial charge in [-0.1, -0.05) is 13.3 Å². The van der Waals surface area contributed by atoms with Crippen LogP contribution in [-0.2, 0) is 4.79 Å². The zero-order chi connectivity index (χ0) is 8.27. The number of nitrogens with one attached hydrogen (secondary N) is 1. The summed E-state index contributed by atoms with van der Waals surface area (Å²) in [6, 6.07) is -0.165. The van der Waals surface area contributed by atoms with Crippen LogP contribution in [0.3, 0.4) is 0 Å². The third kappa shape index (κ3) is 2.03. The summed E-state index contributed by atoms with van der Waals surface area (Å²) in [5.74, 6) is 0.903. The minimum absolute atomic E-state index is 0.0381. The normalized spacial score (nSPS) is 23.3. The van der Waals surface area contributed by atoms with Crippen LogP contribution in [0.2, 0.25) is 0 Å². The van der Waals surface area contributed by atoms with Gasteiger partial charge in [-0.2, -0.15) is 0 Å². The molecule has 0 saturated heterocycles. The molecule has 0 fully saturated rings. The molecule has 3 nitrogen and oxygen atoms in total. The zero-order valence-electron chi connectivity index (χ0n) is 7.05. The van der Waals surface area contributed by atoms with Crippen molar-refractivity contribution >= 4 is 11.7 Å². The molecule has 3 heteroatoms. The summed E-state index contributed by atoms with van der Waals surface area (Å²) in [5.41, 5.74) is 0. The van der Waals surface area contributed by atoms with Gasteiger partial charge in [-0.3, -0.25) is 9.79 Å². The van der Waals surface area contributed by atoms with E-state index < -0.39 is 0 Å². The van der Waals surface area contributed by atoms with Gasteiger partial charge in [0, 0.05) is 6.42 Å². The topological polar surface area (TPSA) is 41.5 Å². The van der Waals surface area contributed by atoms with Crippen molar-refractivity contribution in [3.8, 4) is 0 Å². The van der Waals surface area contributed by atoms with Crippen LogP contribution in [0.5, 0.6) is 0 Å². The molecule has 0 aliphatic carbocycles. The number of unbranched alkanes of at least 4 members (excludes halogenated alkanes) is 1. The maximum atomic E-state index is 10.9. The maximum absolute atomic E-state index is 10.9. The molecule has 1 aliphatic heterocycles. The van der Waals surface area contributed by atoms with Crippen molar-refractivity contribution in [3.05, 3.63) is 0 Å². The first-order valence-electron chi connectivity index (χ1n) is 4.11. The molecule has 1 amide bonds. The molecule has 0 saturated carbocycles. The number of rotatable bonds is 3. The zero-order valence-corrected chi connectivity index (χ0v) is 7.05. The smallest absolute Gasteiger partial charge is 0.249 e. The van der Waals surface area contributed by atoms with E-state index in [2.05, 4.69) is 17.2 Å². The Morgan fingerprint density at radius 2 is 2.36 bits per heavy atom. The van der Waals surface area contributed by atoms with Crippen molar-refractivity contribution in [1.82, 2.24) is 5.32 Å². The molecule has 62 valence electrons. The van der Waals surface area contributed by atoms with Gasteiger partial charge in [0.1, 0.15) is 11.9 Å². The molecule has 0 bridgehead atoms. The minimum atomic E-state index is -0.165. The molecule has 0 aromatic rings. The van der Waals surface area contributed by atoms with Crippen LogP contribution in [0.15, 0.2) is 4.99 Å². The second-order valence-corrected chi connectivity index (χ2v) is 2.84. The van der Waals surface area contributed by atoms with Crippen LogP contribution in [0.4, 0.5) is 0 Å². The fourth-order valence-electron chi connectivity index (χ4n) is 1.04. The van der Waals surface area contributed by atoms with Crippen LogP contribution in [0.1, 0.15) is 33.1 Å². The van der Waals surface area contributed by atoms with E-state index in [0.717, 1.165) is 25.1 Å². The van der Waals surface area contributed by atoms with Crippen LogP contribution < -0.4 is 5.32 Å². The van der Waals surface area contributed by atoms with Gasteiger partial charge in [-0.25, -0.2) is 0 Å².